The molecular formula is C10H9F3N2. The van der Waals surface area contributed by atoms with E-state index >= 15 is 0 Å². The fourth-order valence-electron chi connectivity index (χ4n) is 1.01. The minimum absolute atomic E-state index is 0.427. The molecule has 1 N–H and O–H groups in total. The summed E-state index contributed by atoms with van der Waals surface area (Å²) in [5, 5.41) is 10.9. The van der Waals surface area contributed by atoms with Crippen molar-refractivity contribution in [2.24, 2.45) is 5.92 Å². The molecular weight excluding hydrogens is 205 g/mol. The molecule has 0 aliphatic rings. The third kappa shape index (κ3) is 3.50. The zero-order valence-corrected chi connectivity index (χ0v) is 7.75. The third-order valence-electron chi connectivity index (χ3n) is 1.84. The van der Waals surface area contributed by atoms with E-state index in [9.17, 15) is 13.2 Å². The Kier molecular flexibility index (Phi) is 3.56. The van der Waals surface area contributed by atoms with E-state index in [1.807, 2.05) is 0 Å². The Balaban J connectivity index is 2.54. The lowest BCUT2D eigenvalue weighted by Gasteiger charge is -2.14. The first-order chi connectivity index (χ1) is 7.04. The Morgan fingerprint density at radius 1 is 1.27 bits per heavy atom. The van der Waals surface area contributed by atoms with E-state index in [1.165, 1.54) is 6.07 Å². The van der Waals surface area contributed by atoms with E-state index in [0.717, 1.165) is 0 Å². The second kappa shape index (κ2) is 4.69. The van der Waals surface area contributed by atoms with Gasteiger partial charge in [-0.2, -0.15) is 18.4 Å². The number of para-hydroxylation sites is 1. The summed E-state index contributed by atoms with van der Waals surface area (Å²) in [5.74, 6) is -1.97. The molecule has 0 aromatic heterocycles. The van der Waals surface area contributed by atoms with Crippen LogP contribution in [0.1, 0.15) is 0 Å². The van der Waals surface area contributed by atoms with E-state index in [4.69, 9.17) is 5.26 Å². The van der Waals surface area contributed by atoms with Gasteiger partial charge in [-0.05, 0) is 12.1 Å². The Labute approximate surface area is 85.3 Å². The second-order valence-electron chi connectivity index (χ2n) is 2.97. The number of rotatable bonds is 3. The molecule has 0 amide bonds. The Hall–Kier alpha value is -1.70. The molecule has 5 heteroatoms. The van der Waals surface area contributed by atoms with Gasteiger partial charge in [0.25, 0.3) is 0 Å². The van der Waals surface area contributed by atoms with Gasteiger partial charge in [0.1, 0.15) is 0 Å². The number of hydrogen-bond acceptors (Lipinski definition) is 2. The van der Waals surface area contributed by atoms with Crippen LogP contribution < -0.4 is 5.32 Å². The smallest absolute Gasteiger partial charge is 0.383 e. The van der Waals surface area contributed by atoms with Gasteiger partial charge < -0.3 is 5.32 Å². The van der Waals surface area contributed by atoms with Crippen LogP contribution in [0.25, 0.3) is 0 Å². The van der Waals surface area contributed by atoms with Crippen LogP contribution in [-0.4, -0.2) is 12.7 Å². The maximum absolute atomic E-state index is 12.2. The number of halogens is 3. The molecule has 1 aromatic carbocycles. The van der Waals surface area contributed by atoms with Crippen LogP contribution in [-0.2, 0) is 0 Å². The number of hydrogen-bond donors (Lipinski definition) is 1. The van der Waals surface area contributed by atoms with Crippen molar-refractivity contribution in [1.29, 1.82) is 5.26 Å². The van der Waals surface area contributed by atoms with Crippen LogP contribution in [0.2, 0.25) is 0 Å². The van der Waals surface area contributed by atoms with Crippen molar-refractivity contribution in [1.82, 2.24) is 0 Å². The van der Waals surface area contributed by atoms with E-state index < -0.39 is 18.6 Å². The standard InChI is InChI=1S/C10H9F3N2/c11-10(12,13)8(6-14)7-15-9-4-2-1-3-5-9/h1-5,8,15H,7H2. The molecule has 1 rings (SSSR count). The number of anilines is 1. The molecule has 0 saturated heterocycles. The van der Waals surface area contributed by atoms with E-state index in [-0.39, 0.29) is 0 Å². The molecule has 1 atom stereocenters. The largest absolute Gasteiger partial charge is 0.406 e. The summed E-state index contributed by atoms with van der Waals surface area (Å²) in [6.07, 6.45) is -4.48. The van der Waals surface area contributed by atoms with Gasteiger partial charge in [0.05, 0.1) is 6.07 Å². The number of benzene rings is 1. The fraction of sp³-hybridized carbons (Fsp3) is 0.300. The van der Waals surface area contributed by atoms with Crippen molar-refractivity contribution in [3.8, 4) is 6.07 Å². The van der Waals surface area contributed by atoms with E-state index in [1.54, 1.807) is 30.3 Å². The van der Waals surface area contributed by atoms with Gasteiger partial charge in [-0.25, -0.2) is 0 Å². The molecule has 2 nitrogen and oxygen atoms in total. The summed E-state index contributed by atoms with van der Waals surface area (Å²) in [6.45, 7) is -0.427. The summed E-state index contributed by atoms with van der Waals surface area (Å²) >= 11 is 0. The summed E-state index contributed by atoms with van der Waals surface area (Å²) in [6, 6.07) is 9.68. The van der Waals surface area contributed by atoms with Crippen LogP contribution in [0, 0.1) is 17.2 Å². The predicted molar refractivity (Wildman–Crippen MR) is 50.1 cm³/mol. The Bertz CT molecular complexity index is 340. The molecule has 80 valence electrons. The molecule has 0 aliphatic carbocycles. The predicted octanol–water partition coefficient (Wildman–Crippen LogP) is 2.80. The van der Waals surface area contributed by atoms with Gasteiger partial charge in [-0.1, -0.05) is 18.2 Å². The first-order valence-corrected chi connectivity index (χ1v) is 4.29. The highest BCUT2D eigenvalue weighted by Crippen LogP contribution is 2.25. The van der Waals surface area contributed by atoms with Gasteiger partial charge in [0.15, 0.2) is 5.92 Å². The van der Waals surface area contributed by atoms with Crippen molar-refractivity contribution in [3.05, 3.63) is 30.3 Å². The summed E-state index contributed by atoms with van der Waals surface area (Å²) in [7, 11) is 0. The zero-order chi connectivity index (χ0) is 11.3. The molecule has 0 fully saturated rings. The van der Waals surface area contributed by atoms with Crippen molar-refractivity contribution in [2.75, 3.05) is 11.9 Å². The van der Waals surface area contributed by atoms with Gasteiger partial charge in [0, 0.05) is 12.2 Å². The molecule has 15 heavy (non-hydrogen) atoms. The molecule has 0 spiro atoms. The average Bonchev–Trinajstić information content (AvgIpc) is 2.18. The molecule has 1 unspecified atom stereocenters. The average molecular weight is 214 g/mol. The number of nitrogens with zero attached hydrogens (tertiary/aromatic N) is 1. The quantitative estimate of drug-likeness (QED) is 0.839. The van der Waals surface area contributed by atoms with Crippen molar-refractivity contribution in [3.63, 3.8) is 0 Å². The van der Waals surface area contributed by atoms with Crippen LogP contribution in [0.5, 0.6) is 0 Å². The van der Waals surface area contributed by atoms with Crippen molar-refractivity contribution >= 4 is 5.69 Å². The van der Waals surface area contributed by atoms with E-state index in [0.29, 0.717) is 5.69 Å². The fourth-order valence-corrected chi connectivity index (χ4v) is 1.01. The van der Waals surface area contributed by atoms with Crippen LogP contribution >= 0.6 is 0 Å². The highest BCUT2D eigenvalue weighted by atomic mass is 19.4. The highest BCUT2D eigenvalue weighted by molar-refractivity contribution is 5.42. The SMILES string of the molecule is N#CC(CNc1ccccc1)C(F)(F)F. The normalized spacial score (nSPS) is 12.9. The third-order valence-corrected chi connectivity index (χ3v) is 1.84. The van der Waals surface area contributed by atoms with Gasteiger partial charge >= 0.3 is 6.18 Å². The van der Waals surface area contributed by atoms with Crippen LogP contribution in [0.3, 0.4) is 0 Å². The second-order valence-corrected chi connectivity index (χ2v) is 2.97. The summed E-state index contributed by atoms with van der Waals surface area (Å²) < 4.78 is 36.5. The monoisotopic (exact) mass is 214 g/mol. The molecule has 1 aromatic rings. The molecule has 0 heterocycles. The Morgan fingerprint density at radius 3 is 2.33 bits per heavy atom. The topological polar surface area (TPSA) is 35.8 Å². The van der Waals surface area contributed by atoms with Crippen molar-refractivity contribution < 1.29 is 13.2 Å². The van der Waals surface area contributed by atoms with Gasteiger partial charge in [0.2, 0.25) is 0 Å². The minimum atomic E-state index is -4.48. The summed E-state index contributed by atoms with van der Waals surface area (Å²) in [5.41, 5.74) is 0.571. The Morgan fingerprint density at radius 2 is 1.87 bits per heavy atom. The van der Waals surface area contributed by atoms with Crippen LogP contribution in [0.4, 0.5) is 18.9 Å². The number of alkyl halides is 3. The maximum Gasteiger partial charge on any atom is 0.406 e. The lowest BCUT2D eigenvalue weighted by molar-refractivity contribution is -0.155. The number of nitrogens with one attached hydrogen (secondary N) is 1. The molecule has 0 radical (unpaired) electrons. The molecule has 0 saturated carbocycles. The lowest BCUT2D eigenvalue weighted by Crippen LogP contribution is -2.28. The molecule has 0 bridgehead atoms. The van der Waals surface area contributed by atoms with Crippen LogP contribution in [0.15, 0.2) is 30.3 Å². The first kappa shape index (κ1) is 11.4. The summed E-state index contributed by atoms with van der Waals surface area (Å²) in [4.78, 5) is 0. The maximum atomic E-state index is 12.2. The minimum Gasteiger partial charge on any atom is -0.383 e. The highest BCUT2D eigenvalue weighted by Gasteiger charge is 2.39. The number of nitriles is 1. The van der Waals surface area contributed by atoms with Gasteiger partial charge in [-0.15, -0.1) is 0 Å². The lowest BCUT2D eigenvalue weighted by atomic mass is 10.1. The van der Waals surface area contributed by atoms with Crippen molar-refractivity contribution in [2.45, 2.75) is 6.18 Å². The zero-order valence-electron chi connectivity index (χ0n) is 7.75. The van der Waals surface area contributed by atoms with Gasteiger partial charge in [-0.3, -0.25) is 0 Å². The van der Waals surface area contributed by atoms with E-state index in [2.05, 4.69) is 5.32 Å². The molecule has 0 aliphatic heterocycles. The first-order valence-electron chi connectivity index (χ1n) is 4.29.